The van der Waals surface area contributed by atoms with Crippen molar-refractivity contribution >= 4 is 6.09 Å². The summed E-state index contributed by atoms with van der Waals surface area (Å²) >= 11 is 0. The van der Waals surface area contributed by atoms with Gasteiger partial charge in [-0.2, -0.15) is 0 Å². The van der Waals surface area contributed by atoms with Gasteiger partial charge >= 0.3 is 6.09 Å². The molecule has 1 saturated heterocycles. The Morgan fingerprint density at radius 2 is 2.54 bits per heavy atom. The van der Waals surface area contributed by atoms with Crippen LogP contribution in [0.3, 0.4) is 0 Å². The molecule has 0 aromatic rings. The fourth-order valence-electron chi connectivity index (χ4n) is 1.29. The Bertz CT molecular complexity index is 174. The second-order valence-electron chi connectivity index (χ2n) is 2.95. The monoisotopic (exact) mass is 189 g/mol. The Labute approximate surface area is 77.2 Å². The third kappa shape index (κ3) is 2.57. The summed E-state index contributed by atoms with van der Waals surface area (Å²) in [7, 11) is 1.62. The van der Waals surface area contributed by atoms with E-state index < -0.39 is 0 Å². The third-order valence-corrected chi connectivity index (χ3v) is 2.03. The summed E-state index contributed by atoms with van der Waals surface area (Å²) in [6.07, 6.45) is 0.428. The van der Waals surface area contributed by atoms with E-state index in [0.29, 0.717) is 19.8 Å². The predicted octanol–water partition coefficient (Wildman–Crippen LogP) is -0.164. The Morgan fingerprint density at radius 3 is 3.15 bits per heavy atom. The van der Waals surface area contributed by atoms with Gasteiger partial charge in [-0.05, 0) is 6.42 Å². The van der Waals surface area contributed by atoms with Crippen LogP contribution in [0.2, 0.25) is 0 Å². The van der Waals surface area contributed by atoms with Crippen molar-refractivity contribution in [1.29, 1.82) is 0 Å². The van der Waals surface area contributed by atoms with Crippen LogP contribution in [0.1, 0.15) is 6.42 Å². The minimum atomic E-state index is -0.338. The van der Waals surface area contributed by atoms with Crippen LogP contribution in [0.15, 0.2) is 0 Å². The number of ether oxygens (including phenoxy) is 2. The molecule has 5 heteroatoms. The van der Waals surface area contributed by atoms with E-state index in [-0.39, 0.29) is 18.7 Å². The fourth-order valence-corrected chi connectivity index (χ4v) is 1.29. The molecular weight excluding hydrogens is 174 g/mol. The standard InChI is InChI=1S/C8H15NO4/c1-12-4-2-3-9-7(5-10)6-13-8(9)11/h7,10H,2-6H2,1H3. The summed E-state index contributed by atoms with van der Waals surface area (Å²) in [5.74, 6) is 0. The molecule has 0 aliphatic carbocycles. The van der Waals surface area contributed by atoms with Crippen molar-refractivity contribution in [3.63, 3.8) is 0 Å². The summed E-state index contributed by atoms with van der Waals surface area (Å²) in [6, 6.07) is -0.177. The molecule has 1 amide bonds. The van der Waals surface area contributed by atoms with Crippen molar-refractivity contribution in [3.8, 4) is 0 Å². The minimum absolute atomic E-state index is 0.0429. The minimum Gasteiger partial charge on any atom is -0.447 e. The second kappa shape index (κ2) is 5.04. The van der Waals surface area contributed by atoms with Crippen molar-refractivity contribution in [2.24, 2.45) is 0 Å². The van der Waals surface area contributed by atoms with Gasteiger partial charge in [0.25, 0.3) is 0 Å². The van der Waals surface area contributed by atoms with E-state index in [1.807, 2.05) is 0 Å². The number of methoxy groups -OCH3 is 1. The SMILES string of the molecule is COCCCN1C(=O)OCC1CO. The number of carbonyl (C=O) groups excluding carboxylic acids is 1. The molecule has 0 spiro atoms. The molecule has 1 aliphatic rings. The quantitative estimate of drug-likeness (QED) is 0.610. The number of cyclic esters (lactones) is 1. The molecular formula is C8H15NO4. The Hall–Kier alpha value is -0.810. The lowest BCUT2D eigenvalue weighted by Gasteiger charge is -2.18. The van der Waals surface area contributed by atoms with Gasteiger partial charge in [0.1, 0.15) is 6.61 Å². The molecule has 1 N–H and O–H groups in total. The van der Waals surface area contributed by atoms with Crippen LogP contribution >= 0.6 is 0 Å². The van der Waals surface area contributed by atoms with Crippen molar-refractivity contribution in [3.05, 3.63) is 0 Å². The highest BCUT2D eigenvalue weighted by molar-refractivity contribution is 5.70. The smallest absolute Gasteiger partial charge is 0.410 e. The first-order chi connectivity index (χ1) is 6.29. The highest BCUT2D eigenvalue weighted by atomic mass is 16.6. The van der Waals surface area contributed by atoms with E-state index in [9.17, 15) is 4.79 Å². The number of rotatable bonds is 5. The molecule has 0 aromatic carbocycles. The van der Waals surface area contributed by atoms with E-state index in [0.717, 1.165) is 6.42 Å². The van der Waals surface area contributed by atoms with Gasteiger partial charge in [-0.3, -0.25) is 4.90 Å². The van der Waals surface area contributed by atoms with Gasteiger partial charge in [0.05, 0.1) is 12.6 Å². The van der Waals surface area contributed by atoms with Crippen molar-refractivity contribution in [2.75, 3.05) is 33.5 Å². The first kappa shape index (κ1) is 10.3. The Balaban J connectivity index is 2.31. The summed E-state index contributed by atoms with van der Waals surface area (Å²) in [4.78, 5) is 12.6. The Kier molecular flexibility index (Phi) is 3.98. The molecule has 0 radical (unpaired) electrons. The van der Waals surface area contributed by atoms with Gasteiger partial charge in [0.2, 0.25) is 0 Å². The zero-order valence-electron chi connectivity index (χ0n) is 7.73. The largest absolute Gasteiger partial charge is 0.447 e. The number of aliphatic hydroxyl groups excluding tert-OH is 1. The molecule has 1 heterocycles. The lowest BCUT2D eigenvalue weighted by molar-refractivity contribution is 0.140. The van der Waals surface area contributed by atoms with Gasteiger partial charge in [-0.25, -0.2) is 4.79 Å². The topological polar surface area (TPSA) is 59.0 Å². The predicted molar refractivity (Wildman–Crippen MR) is 45.4 cm³/mol. The first-order valence-electron chi connectivity index (χ1n) is 4.32. The summed E-state index contributed by atoms with van der Waals surface area (Å²) in [5.41, 5.74) is 0. The number of carbonyl (C=O) groups is 1. The average Bonchev–Trinajstić information content (AvgIpc) is 2.48. The van der Waals surface area contributed by atoms with Gasteiger partial charge in [-0.15, -0.1) is 0 Å². The van der Waals surface area contributed by atoms with E-state index in [1.165, 1.54) is 0 Å². The van der Waals surface area contributed by atoms with Gasteiger partial charge in [0, 0.05) is 20.3 Å². The van der Waals surface area contributed by atoms with Crippen LogP contribution in [-0.4, -0.2) is 55.6 Å². The van der Waals surface area contributed by atoms with E-state index in [4.69, 9.17) is 14.6 Å². The summed E-state index contributed by atoms with van der Waals surface area (Å²) in [5, 5.41) is 8.91. The third-order valence-electron chi connectivity index (χ3n) is 2.03. The van der Waals surface area contributed by atoms with Crippen LogP contribution in [0.5, 0.6) is 0 Å². The van der Waals surface area contributed by atoms with Gasteiger partial charge in [0.15, 0.2) is 0 Å². The van der Waals surface area contributed by atoms with Gasteiger partial charge < -0.3 is 14.6 Å². The van der Waals surface area contributed by atoms with Crippen molar-refractivity contribution in [1.82, 2.24) is 4.90 Å². The molecule has 1 fully saturated rings. The maximum atomic E-state index is 11.1. The molecule has 13 heavy (non-hydrogen) atoms. The van der Waals surface area contributed by atoms with Crippen LogP contribution in [-0.2, 0) is 9.47 Å². The molecule has 0 saturated carbocycles. The van der Waals surface area contributed by atoms with Crippen molar-refractivity contribution in [2.45, 2.75) is 12.5 Å². The number of nitrogens with zero attached hydrogens (tertiary/aromatic N) is 1. The molecule has 76 valence electrons. The molecule has 1 rings (SSSR count). The van der Waals surface area contributed by atoms with E-state index in [2.05, 4.69) is 0 Å². The molecule has 1 unspecified atom stereocenters. The van der Waals surface area contributed by atoms with Crippen molar-refractivity contribution < 1.29 is 19.4 Å². The fraction of sp³-hybridized carbons (Fsp3) is 0.875. The van der Waals surface area contributed by atoms with Crippen LogP contribution in [0.25, 0.3) is 0 Å². The molecule has 0 bridgehead atoms. The summed E-state index contributed by atoms with van der Waals surface area (Å²) < 4.78 is 9.65. The van der Waals surface area contributed by atoms with Crippen LogP contribution in [0.4, 0.5) is 4.79 Å². The number of hydrogen-bond acceptors (Lipinski definition) is 4. The zero-order chi connectivity index (χ0) is 9.68. The van der Waals surface area contributed by atoms with Gasteiger partial charge in [-0.1, -0.05) is 0 Å². The van der Waals surface area contributed by atoms with Crippen LogP contribution in [0, 0.1) is 0 Å². The molecule has 0 aromatic heterocycles. The lowest BCUT2D eigenvalue weighted by atomic mass is 10.3. The second-order valence-corrected chi connectivity index (χ2v) is 2.95. The maximum absolute atomic E-state index is 11.1. The molecule has 1 aliphatic heterocycles. The van der Waals surface area contributed by atoms with Crippen LogP contribution < -0.4 is 0 Å². The maximum Gasteiger partial charge on any atom is 0.410 e. The zero-order valence-corrected chi connectivity index (χ0v) is 7.73. The lowest BCUT2D eigenvalue weighted by Crippen LogP contribution is -2.37. The normalized spacial score (nSPS) is 22.2. The highest BCUT2D eigenvalue weighted by Gasteiger charge is 2.31. The number of hydrogen-bond donors (Lipinski definition) is 1. The molecule has 5 nitrogen and oxygen atoms in total. The summed E-state index contributed by atoms with van der Waals surface area (Å²) in [6.45, 7) is 1.45. The van der Waals surface area contributed by atoms with E-state index in [1.54, 1.807) is 12.0 Å². The molecule has 1 atom stereocenters. The number of amides is 1. The average molecular weight is 189 g/mol. The van der Waals surface area contributed by atoms with E-state index >= 15 is 0 Å². The number of aliphatic hydroxyl groups is 1. The highest BCUT2D eigenvalue weighted by Crippen LogP contribution is 2.11. The Morgan fingerprint density at radius 1 is 1.77 bits per heavy atom. The first-order valence-corrected chi connectivity index (χ1v) is 4.32.